The predicted molar refractivity (Wildman–Crippen MR) is 91.3 cm³/mol. The second-order valence-electron chi connectivity index (χ2n) is 6.95. The maximum atomic E-state index is 9.25. The van der Waals surface area contributed by atoms with Crippen LogP contribution in [0.15, 0.2) is 12.7 Å². The van der Waals surface area contributed by atoms with Crippen molar-refractivity contribution in [1.29, 1.82) is 0 Å². The van der Waals surface area contributed by atoms with Gasteiger partial charge in [0.1, 0.15) is 6.10 Å². The van der Waals surface area contributed by atoms with Gasteiger partial charge in [0.15, 0.2) is 5.79 Å². The fourth-order valence-electron chi connectivity index (χ4n) is 3.27. The van der Waals surface area contributed by atoms with Gasteiger partial charge in [-0.15, -0.1) is 0 Å². The molecular weight excluding hydrogens is 288 g/mol. The van der Waals surface area contributed by atoms with Crippen molar-refractivity contribution in [1.82, 2.24) is 0 Å². The molecule has 1 aliphatic carbocycles. The van der Waals surface area contributed by atoms with Crippen LogP contribution in [0.5, 0.6) is 0 Å². The molecule has 1 aliphatic heterocycles. The van der Waals surface area contributed by atoms with E-state index in [4.69, 9.17) is 9.47 Å². The first-order valence-electron chi connectivity index (χ1n) is 8.59. The first-order valence-corrected chi connectivity index (χ1v) is 8.59. The van der Waals surface area contributed by atoms with Crippen molar-refractivity contribution < 1.29 is 14.6 Å². The van der Waals surface area contributed by atoms with Gasteiger partial charge < -0.3 is 14.6 Å². The quantitative estimate of drug-likeness (QED) is 0.604. The Morgan fingerprint density at radius 1 is 1.26 bits per heavy atom. The van der Waals surface area contributed by atoms with Gasteiger partial charge in [0.2, 0.25) is 0 Å². The standard InChI is InChI=1S/C20H28O3/c1-5-10-15-13-16(15)14-19-18(22-20(3,4)23-19)12-9-7-8-11-17(21)6-2/h6,15-19,21H,2,5,10,12-14H2,1,3-4H3. The Morgan fingerprint density at radius 3 is 2.70 bits per heavy atom. The number of hydrogen-bond donors (Lipinski definition) is 1. The summed E-state index contributed by atoms with van der Waals surface area (Å²) in [5.41, 5.74) is 0. The van der Waals surface area contributed by atoms with Gasteiger partial charge in [0.05, 0.1) is 12.2 Å². The SMILES string of the molecule is C=CC(O)C#CC#CCC1OC(C)(C)OC1CC1CC1CCC. The first-order chi connectivity index (χ1) is 10.9. The van der Waals surface area contributed by atoms with E-state index in [2.05, 4.69) is 37.2 Å². The van der Waals surface area contributed by atoms with Crippen LogP contribution in [-0.2, 0) is 9.47 Å². The fourth-order valence-corrected chi connectivity index (χ4v) is 3.27. The summed E-state index contributed by atoms with van der Waals surface area (Å²) < 4.78 is 12.1. The maximum absolute atomic E-state index is 9.25. The normalized spacial score (nSPS) is 32.2. The molecule has 5 atom stereocenters. The Hall–Kier alpha value is -1.26. The summed E-state index contributed by atoms with van der Waals surface area (Å²) in [7, 11) is 0. The minimum Gasteiger partial charge on any atom is -0.377 e. The molecule has 5 unspecified atom stereocenters. The molecule has 0 amide bonds. The van der Waals surface area contributed by atoms with Gasteiger partial charge in [-0.2, -0.15) is 0 Å². The van der Waals surface area contributed by atoms with Gasteiger partial charge in [0, 0.05) is 6.42 Å². The third kappa shape index (κ3) is 5.70. The van der Waals surface area contributed by atoms with E-state index in [1.165, 1.54) is 25.3 Å². The number of rotatable bonds is 6. The molecule has 0 spiro atoms. The molecule has 1 saturated heterocycles. The fraction of sp³-hybridized carbons (Fsp3) is 0.700. The third-order valence-electron chi connectivity index (χ3n) is 4.45. The highest BCUT2D eigenvalue weighted by Gasteiger charge is 2.45. The van der Waals surface area contributed by atoms with E-state index in [-0.39, 0.29) is 12.2 Å². The van der Waals surface area contributed by atoms with Gasteiger partial charge >= 0.3 is 0 Å². The predicted octanol–water partition coefficient (Wildman–Crippen LogP) is 3.28. The Labute approximate surface area is 140 Å². The van der Waals surface area contributed by atoms with Crippen LogP contribution in [0, 0.1) is 35.5 Å². The van der Waals surface area contributed by atoms with Gasteiger partial charge in [-0.1, -0.05) is 44.3 Å². The average molecular weight is 316 g/mol. The van der Waals surface area contributed by atoms with Gasteiger partial charge in [-0.05, 0) is 50.4 Å². The maximum Gasteiger partial charge on any atom is 0.163 e. The first kappa shape index (κ1) is 18.1. The van der Waals surface area contributed by atoms with E-state index >= 15 is 0 Å². The molecule has 0 aromatic carbocycles. The molecule has 1 heterocycles. The Morgan fingerprint density at radius 2 is 2.00 bits per heavy atom. The number of hydrogen-bond acceptors (Lipinski definition) is 3. The summed E-state index contributed by atoms with van der Waals surface area (Å²) in [6.45, 7) is 9.64. The van der Waals surface area contributed by atoms with Crippen LogP contribution in [-0.4, -0.2) is 29.2 Å². The summed E-state index contributed by atoms with van der Waals surface area (Å²) in [5.74, 6) is 12.2. The van der Waals surface area contributed by atoms with Crippen LogP contribution in [0.4, 0.5) is 0 Å². The number of ether oxygens (including phenoxy) is 2. The van der Waals surface area contributed by atoms with E-state index in [1.54, 1.807) is 0 Å². The monoisotopic (exact) mass is 316 g/mol. The van der Waals surface area contributed by atoms with Crippen molar-refractivity contribution in [2.45, 2.75) is 77.0 Å². The summed E-state index contributed by atoms with van der Waals surface area (Å²) in [5, 5.41) is 9.25. The van der Waals surface area contributed by atoms with Crippen molar-refractivity contribution in [3.63, 3.8) is 0 Å². The zero-order valence-corrected chi connectivity index (χ0v) is 14.5. The van der Waals surface area contributed by atoms with E-state index in [9.17, 15) is 5.11 Å². The smallest absolute Gasteiger partial charge is 0.163 e. The zero-order chi connectivity index (χ0) is 16.9. The highest BCUT2D eigenvalue weighted by molar-refractivity contribution is 5.28. The number of aliphatic hydroxyl groups is 1. The van der Waals surface area contributed by atoms with Crippen molar-refractivity contribution in [3.05, 3.63) is 12.7 Å². The molecule has 0 aromatic heterocycles. The zero-order valence-electron chi connectivity index (χ0n) is 14.5. The Kier molecular flexibility index (Phi) is 6.31. The molecular formula is C20H28O3. The molecule has 1 N–H and O–H groups in total. The lowest BCUT2D eigenvalue weighted by atomic mass is 10.0. The Bertz CT molecular complexity index is 529. The second-order valence-corrected chi connectivity index (χ2v) is 6.95. The topological polar surface area (TPSA) is 38.7 Å². The van der Waals surface area contributed by atoms with Crippen molar-refractivity contribution in [2.24, 2.45) is 11.8 Å². The van der Waals surface area contributed by atoms with Crippen molar-refractivity contribution in [2.75, 3.05) is 0 Å². The molecule has 0 aromatic rings. The summed E-state index contributed by atoms with van der Waals surface area (Å²) >= 11 is 0. The largest absolute Gasteiger partial charge is 0.377 e. The van der Waals surface area contributed by atoms with Crippen LogP contribution in [0.2, 0.25) is 0 Å². The summed E-state index contributed by atoms with van der Waals surface area (Å²) in [6.07, 6.45) is 6.30. The highest BCUT2D eigenvalue weighted by atomic mass is 16.7. The third-order valence-corrected chi connectivity index (χ3v) is 4.45. The van der Waals surface area contributed by atoms with E-state index < -0.39 is 11.9 Å². The van der Waals surface area contributed by atoms with Crippen LogP contribution in [0.25, 0.3) is 0 Å². The molecule has 2 rings (SSSR count). The van der Waals surface area contributed by atoms with E-state index in [1.807, 2.05) is 13.8 Å². The summed E-state index contributed by atoms with van der Waals surface area (Å²) in [4.78, 5) is 0. The lowest BCUT2D eigenvalue weighted by Gasteiger charge is -2.16. The minimum absolute atomic E-state index is 0.00602. The molecule has 1 saturated carbocycles. The minimum atomic E-state index is -0.813. The lowest BCUT2D eigenvalue weighted by Crippen LogP contribution is -2.23. The van der Waals surface area contributed by atoms with Crippen LogP contribution in [0.3, 0.4) is 0 Å². The second kappa shape index (κ2) is 8.02. The molecule has 126 valence electrons. The lowest BCUT2D eigenvalue weighted by molar-refractivity contribution is -0.146. The number of aliphatic hydroxyl groups excluding tert-OH is 1. The van der Waals surface area contributed by atoms with Gasteiger partial charge in [0.25, 0.3) is 0 Å². The molecule has 0 bridgehead atoms. The van der Waals surface area contributed by atoms with Crippen LogP contribution < -0.4 is 0 Å². The molecule has 3 heteroatoms. The molecule has 23 heavy (non-hydrogen) atoms. The molecule has 2 fully saturated rings. The molecule has 3 nitrogen and oxygen atoms in total. The van der Waals surface area contributed by atoms with Gasteiger partial charge in [-0.25, -0.2) is 0 Å². The van der Waals surface area contributed by atoms with Crippen LogP contribution in [0.1, 0.15) is 52.9 Å². The van der Waals surface area contributed by atoms with Crippen molar-refractivity contribution >= 4 is 0 Å². The van der Waals surface area contributed by atoms with E-state index in [0.29, 0.717) is 6.42 Å². The van der Waals surface area contributed by atoms with Crippen LogP contribution >= 0.6 is 0 Å². The highest BCUT2D eigenvalue weighted by Crippen LogP contribution is 2.47. The summed E-state index contributed by atoms with van der Waals surface area (Å²) in [6, 6.07) is 0. The average Bonchev–Trinajstić information content (AvgIpc) is 3.14. The van der Waals surface area contributed by atoms with Gasteiger partial charge in [-0.3, -0.25) is 0 Å². The molecule has 0 radical (unpaired) electrons. The van der Waals surface area contributed by atoms with E-state index in [0.717, 1.165) is 18.3 Å². The Balaban J connectivity index is 1.86. The van der Waals surface area contributed by atoms with Crippen molar-refractivity contribution in [3.8, 4) is 23.7 Å². The molecule has 2 aliphatic rings.